The molecule has 2 rings (SSSR count). The third kappa shape index (κ3) is 3.22. The van der Waals surface area contributed by atoms with E-state index in [9.17, 15) is 4.79 Å². The summed E-state index contributed by atoms with van der Waals surface area (Å²) in [6, 6.07) is 7.35. The lowest BCUT2D eigenvalue weighted by Crippen LogP contribution is -2.14. The first-order valence-electron chi connectivity index (χ1n) is 5.81. The van der Waals surface area contributed by atoms with Crippen LogP contribution >= 0.6 is 0 Å². The summed E-state index contributed by atoms with van der Waals surface area (Å²) in [5.74, 6) is 3.00. The predicted octanol–water partition coefficient (Wildman–Crippen LogP) is 2.96. The first-order chi connectivity index (χ1) is 8.28. The molecule has 1 aromatic carbocycles. The van der Waals surface area contributed by atoms with Crippen LogP contribution < -0.4 is 5.32 Å². The Morgan fingerprint density at radius 3 is 3.12 bits per heavy atom. The Labute approximate surface area is 102 Å². The number of nitrogens with one attached hydrogen (secondary N) is 1. The Kier molecular flexibility index (Phi) is 3.62. The molecular weight excluding hydrogens is 210 g/mol. The lowest BCUT2D eigenvalue weighted by molar-refractivity contribution is -0.116. The largest absolute Gasteiger partial charge is 0.326 e. The predicted molar refractivity (Wildman–Crippen MR) is 69.5 cm³/mol. The molecule has 1 aliphatic carbocycles. The normalized spacial score (nSPS) is 17.7. The quantitative estimate of drug-likeness (QED) is 0.622. The molecule has 1 atom stereocenters. The van der Waals surface area contributed by atoms with Gasteiger partial charge in [-0.25, -0.2) is 0 Å². The molecule has 0 bridgehead atoms. The smallest absolute Gasteiger partial charge is 0.224 e. The van der Waals surface area contributed by atoms with E-state index in [0.29, 0.717) is 12.3 Å². The van der Waals surface area contributed by atoms with Crippen molar-refractivity contribution in [2.24, 2.45) is 5.92 Å². The summed E-state index contributed by atoms with van der Waals surface area (Å²) < 4.78 is 0. The summed E-state index contributed by atoms with van der Waals surface area (Å²) in [5, 5.41) is 2.88. The second-order valence-electron chi connectivity index (χ2n) is 4.24. The van der Waals surface area contributed by atoms with E-state index >= 15 is 0 Å². The van der Waals surface area contributed by atoms with E-state index in [1.807, 2.05) is 24.3 Å². The molecule has 1 N–H and O–H groups in total. The molecule has 17 heavy (non-hydrogen) atoms. The van der Waals surface area contributed by atoms with Crippen LogP contribution in [0.25, 0.3) is 0 Å². The van der Waals surface area contributed by atoms with Gasteiger partial charge in [-0.3, -0.25) is 4.79 Å². The molecule has 1 amide bonds. The molecular formula is C15H15NO. The van der Waals surface area contributed by atoms with Gasteiger partial charge < -0.3 is 5.32 Å². The van der Waals surface area contributed by atoms with Crippen LogP contribution in [0.15, 0.2) is 36.4 Å². The topological polar surface area (TPSA) is 29.1 Å². The summed E-state index contributed by atoms with van der Waals surface area (Å²) in [4.78, 5) is 11.8. The maximum Gasteiger partial charge on any atom is 0.224 e. The molecule has 0 saturated heterocycles. The first-order valence-corrected chi connectivity index (χ1v) is 5.81. The van der Waals surface area contributed by atoms with E-state index < -0.39 is 0 Å². The summed E-state index contributed by atoms with van der Waals surface area (Å²) in [5.41, 5.74) is 1.55. The van der Waals surface area contributed by atoms with Gasteiger partial charge in [-0.2, -0.15) is 0 Å². The zero-order chi connectivity index (χ0) is 12.1. The van der Waals surface area contributed by atoms with Crippen LogP contribution in [0.5, 0.6) is 0 Å². The number of rotatable bonds is 3. The number of terminal acetylenes is 1. The number of anilines is 1. The standard InChI is InChI=1S/C15H15NO/c1-2-12-8-5-9-14(10-12)16-15(17)11-13-6-3-4-7-13/h1,3,5-6,8-10,13H,4,7,11H2,(H,16,17)/t13-/m1/s1. The highest BCUT2D eigenvalue weighted by molar-refractivity contribution is 5.91. The molecule has 0 fully saturated rings. The Balaban J connectivity index is 1.93. The fourth-order valence-electron chi connectivity index (χ4n) is 2.00. The van der Waals surface area contributed by atoms with Crippen molar-refractivity contribution in [1.82, 2.24) is 0 Å². The van der Waals surface area contributed by atoms with Crippen molar-refractivity contribution < 1.29 is 4.79 Å². The molecule has 86 valence electrons. The lowest BCUT2D eigenvalue weighted by Gasteiger charge is -2.08. The SMILES string of the molecule is C#Cc1cccc(NC(=O)C[C@@H]2C=CCC2)c1. The summed E-state index contributed by atoms with van der Waals surface area (Å²) >= 11 is 0. The number of allylic oxidation sites excluding steroid dienone is 2. The highest BCUT2D eigenvalue weighted by Gasteiger charge is 2.13. The molecule has 1 aromatic rings. The minimum atomic E-state index is 0.0516. The number of carbonyl (C=O) groups excluding carboxylic acids is 1. The van der Waals surface area contributed by atoms with Crippen LogP contribution in [-0.2, 0) is 4.79 Å². The maximum absolute atomic E-state index is 11.8. The van der Waals surface area contributed by atoms with E-state index in [1.54, 1.807) is 0 Å². The molecule has 0 heterocycles. The Bertz CT molecular complexity index is 482. The van der Waals surface area contributed by atoms with Gasteiger partial charge in [-0.15, -0.1) is 6.42 Å². The van der Waals surface area contributed by atoms with Gasteiger partial charge in [0.05, 0.1) is 0 Å². The van der Waals surface area contributed by atoms with E-state index in [0.717, 1.165) is 24.1 Å². The van der Waals surface area contributed by atoms with Gasteiger partial charge in [-0.1, -0.05) is 24.1 Å². The minimum absolute atomic E-state index is 0.0516. The average Bonchev–Trinajstić information content (AvgIpc) is 2.82. The monoisotopic (exact) mass is 225 g/mol. The van der Waals surface area contributed by atoms with Crippen LogP contribution in [-0.4, -0.2) is 5.91 Å². The van der Waals surface area contributed by atoms with Crippen LogP contribution in [0.1, 0.15) is 24.8 Å². The second kappa shape index (κ2) is 5.36. The second-order valence-corrected chi connectivity index (χ2v) is 4.24. The Morgan fingerprint density at radius 2 is 2.41 bits per heavy atom. The van der Waals surface area contributed by atoms with Gasteiger partial charge in [0.25, 0.3) is 0 Å². The van der Waals surface area contributed by atoms with E-state index in [2.05, 4.69) is 23.4 Å². The summed E-state index contributed by atoms with van der Waals surface area (Å²) in [6.45, 7) is 0. The van der Waals surface area contributed by atoms with Gasteiger partial charge in [-0.05, 0) is 37.0 Å². The maximum atomic E-state index is 11.8. The highest BCUT2D eigenvalue weighted by Crippen LogP contribution is 2.21. The molecule has 0 radical (unpaired) electrons. The number of amides is 1. The van der Waals surface area contributed by atoms with Crippen molar-refractivity contribution in [3.8, 4) is 12.3 Å². The van der Waals surface area contributed by atoms with E-state index in [-0.39, 0.29) is 5.91 Å². The minimum Gasteiger partial charge on any atom is -0.326 e. The third-order valence-electron chi connectivity index (χ3n) is 2.87. The van der Waals surface area contributed by atoms with E-state index in [4.69, 9.17) is 6.42 Å². The number of carbonyl (C=O) groups is 1. The molecule has 0 unspecified atom stereocenters. The average molecular weight is 225 g/mol. The van der Waals surface area contributed by atoms with E-state index in [1.165, 1.54) is 0 Å². The fraction of sp³-hybridized carbons (Fsp3) is 0.267. The van der Waals surface area contributed by atoms with Gasteiger partial charge >= 0.3 is 0 Å². The zero-order valence-corrected chi connectivity index (χ0v) is 9.65. The third-order valence-corrected chi connectivity index (χ3v) is 2.87. The van der Waals surface area contributed by atoms with Gasteiger partial charge in [0.2, 0.25) is 5.91 Å². The first kappa shape index (κ1) is 11.5. The van der Waals surface area contributed by atoms with Crippen molar-refractivity contribution in [2.45, 2.75) is 19.3 Å². The van der Waals surface area contributed by atoms with Crippen molar-refractivity contribution in [3.63, 3.8) is 0 Å². The summed E-state index contributed by atoms with van der Waals surface area (Å²) in [6.07, 6.45) is 12.3. The van der Waals surface area contributed by atoms with Crippen LogP contribution in [0.3, 0.4) is 0 Å². The van der Waals surface area contributed by atoms with Crippen molar-refractivity contribution >= 4 is 11.6 Å². The molecule has 1 aliphatic rings. The molecule has 2 nitrogen and oxygen atoms in total. The molecule has 0 aromatic heterocycles. The Morgan fingerprint density at radius 1 is 1.53 bits per heavy atom. The highest BCUT2D eigenvalue weighted by atomic mass is 16.1. The van der Waals surface area contributed by atoms with Crippen LogP contribution in [0.2, 0.25) is 0 Å². The molecule has 0 aliphatic heterocycles. The van der Waals surface area contributed by atoms with Crippen LogP contribution in [0.4, 0.5) is 5.69 Å². The Hall–Kier alpha value is -2.01. The van der Waals surface area contributed by atoms with Crippen molar-refractivity contribution in [3.05, 3.63) is 42.0 Å². The van der Waals surface area contributed by atoms with Crippen molar-refractivity contribution in [1.29, 1.82) is 0 Å². The number of benzene rings is 1. The summed E-state index contributed by atoms with van der Waals surface area (Å²) in [7, 11) is 0. The molecule has 0 saturated carbocycles. The molecule has 2 heteroatoms. The van der Waals surface area contributed by atoms with Gasteiger partial charge in [0.1, 0.15) is 0 Å². The number of hydrogen-bond acceptors (Lipinski definition) is 1. The number of hydrogen-bond donors (Lipinski definition) is 1. The lowest BCUT2D eigenvalue weighted by atomic mass is 10.0. The van der Waals surface area contributed by atoms with Gasteiger partial charge in [0, 0.05) is 17.7 Å². The van der Waals surface area contributed by atoms with Crippen molar-refractivity contribution in [2.75, 3.05) is 5.32 Å². The fourth-order valence-corrected chi connectivity index (χ4v) is 2.00. The van der Waals surface area contributed by atoms with Crippen LogP contribution in [0, 0.1) is 18.3 Å². The zero-order valence-electron chi connectivity index (χ0n) is 9.65. The van der Waals surface area contributed by atoms with Gasteiger partial charge in [0.15, 0.2) is 0 Å². The molecule has 0 spiro atoms.